The maximum Gasteiger partial charge on any atom is 0.340 e. The Labute approximate surface area is 278 Å². The number of hydrogen-bond donors (Lipinski definition) is 0. The van der Waals surface area contributed by atoms with Crippen molar-refractivity contribution in [3.63, 3.8) is 0 Å². The minimum atomic E-state index is -0.920. The Kier molecular flexibility index (Phi) is 11.0. The molecular formula is C38H48N2O7. The molecule has 1 aliphatic heterocycles. The highest BCUT2D eigenvalue weighted by Gasteiger charge is 2.61. The zero-order valence-electron chi connectivity index (χ0n) is 28.3. The molecule has 47 heavy (non-hydrogen) atoms. The summed E-state index contributed by atoms with van der Waals surface area (Å²) < 4.78 is 25.4. The highest BCUT2D eigenvalue weighted by Crippen LogP contribution is 2.57. The van der Waals surface area contributed by atoms with Gasteiger partial charge in [-0.1, -0.05) is 36.5 Å². The first kappa shape index (κ1) is 34.5. The molecule has 0 N–H and O–H groups in total. The number of esters is 3. The van der Waals surface area contributed by atoms with Crippen LogP contribution in [-0.4, -0.2) is 58.4 Å². The van der Waals surface area contributed by atoms with Gasteiger partial charge < -0.3 is 18.9 Å². The number of allylic oxidation sites excluding steroid dienone is 2. The van der Waals surface area contributed by atoms with Gasteiger partial charge in [0.15, 0.2) is 0 Å². The summed E-state index contributed by atoms with van der Waals surface area (Å²) in [5, 5.41) is 0. The van der Waals surface area contributed by atoms with Crippen LogP contribution < -0.4 is 0 Å². The Morgan fingerprint density at radius 2 is 1.66 bits per heavy atom. The van der Waals surface area contributed by atoms with E-state index in [0.717, 1.165) is 48.8 Å². The topological polar surface area (TPSA) is 117 Å². The monoisotopic (exact) mass is 644 g/mol. The number of ether oxygens (including phenoxy) is 4. The van der Waals surface area contributed by atoms with Crippen LogP contribution in [-0.2, 0) is 23.7 Å². The Hall–Kier alpha value is -3.85. The molecular weight excluding hydrogens is 596 g/mol. The number of aromatic nitrogens is 2. The summed E-state index contributed by atoms with van der Waals surface area (Å²) in [7, 11) is 0. The maximum atomic E-state index is 13.7. The van der Waals surface area contributed by atoms with Crippen molar-refractivity contribution < 1.29 is 33.3 Å². The number of unbranched alkanes of at least 4 members (excludes halogenated alkanes) is 2. The molecule has 0 bridgehead atoms. The molecule has 6 atom stereocenters. The molecule has 2 fully saturated rings. The first-order chi connectivity index (χ1) is 22.6. The van der Waals surface area contributed by atoms with E-state index in [0.29, 0.717) is 36.8 Å². The normalized spacial score (nSPS) is 29.6. The smallest absolute Gasteiger partial charge is 0.340 e. The number of hydrogen-bond acceptors (Lipinski definition) is 9. The maximum absolute atomic E-state index is 13.7. The number of nitrogens with zero attached hydrogens (tertiary/aromatic N) is 2. The fourth-order valence-corrected chi connectivity index (χ4v) is 7.39. The van der Waals surface area contributed by atoms with Gasteiger partial charge in [0.1, 0.15) is 18.8 Å². The van der Waals surface area contributed by atoms with E-state index in [1.807, 2.05) is 13.0 Å². The molecule has 5 rings (SSSR count). The first-order valence-corrected chi connectivity index (χ1v) is 17.0. The van der Waals surface area contributed by atoms with E-state index in [4.69, 9.17) is 18.9 Å². The second kappa shape index (κ2) is 14.9. The summed E-state index contributed by atoms with van der Waals surface area (Å²) in [6.45, 7) is 10.3. The predicted molar refractivity (Wildman–Crippen MR) is 176 cm³/mol. The summed E-state index contributed by atoms with van der Waals surface area (Å²) in [6.07, 6.45) is 13.0. The van der Waals surface area contributed by atoms with Crippen molar-refractivity contribution in [3.8, 4) is 0 Å². The molecule has 0 aromatic carbocycles. The van der Waals surface area contributed by atoms with Gasteiger partial charge in [0.25, 0.3) is 0 Å². The summed E-state index contributed by atoms with van der Waals surface area (Å²) >= 11 is 0. The predicted octanol–water partition coefficient (Wildman–Crippen LogP) is 7.37. The highest BCUT2D eigenvalue weighted by molar-refractivity contribution is 5.89. The zero-order chi connectivity index (χ0) is 33.6. The minimum absolute atomic E-state index is 0.00212. The van der Waals surface area contributed by atoms with E-state index >= 15 is 0 Å². The van der Waals surface area contributed by atoms with Crippen LogP contribution in [0.4, 0.5) is 0 Å². The third-order valence-corrected chi connectivity index (χ3v) is 10.1. The molecule has 3 aliphatic rings. The highest BCUT2D eigenvalue weighted by atomic mass is 16.6. The molecule has 1 saturated carbocycles. The summed E-state index contributed by atoms with van der Waals surface area (Å²) in [6, 6.07) is 6.76. The average molecular weight is 645 g/mol. The van der Waals surface area contributed by atoms with Crippen molar-refractivity contribution in [2.24, 2.45) is 11.3 Å². The molecule has 9 heteroatoms. The molecule has 3 heterocycles. The molecule has 2 aromatic rings. The number of rotatable bonds is 10. The van der Waals surface area contributed by atoms with Crippen molar-refractivity contribution in [1.82, 2.24) is 9.97 Å². The van der Waals surface area contributed by atoms with Crippen LogP contribution in [0.15, 0.2) is 71.8 Å². The van der Waals surface area contributed by atoms with E-state index in [2.05, 4.69) is 37.7 Å². The number of carbonyl (C=O) groups is 3. The quantitative estimate of drug-likeness (QED) is 0.0859. The van der Waals surface area contributed by atoms with Crippen molar-refractivity contribution in [2.75, 3.05) is 6.61 Å². The third kappa shape index (κ3) is 8.00. The van der Waals surface area contributed by atoms with Crippen LogP contribution in [0.5, 0.6) is 0 Å². The molecule has 2 aliphatic carbocycles. The molecule has 0 radical (unpaired) electrons. The molecule has 9 nitrogen and oxygen atoms in total. The van der Waals surface area contributed by atoms with Crippen molar-refractivity contribution in [2.45, 2.75) is 116 Å². The van der Waals surface area contributed by atoms with Crippen LogP contribution in [0.25, 0.3) is 0 Å². The van der Waals surface area contributed by atoms with Crippen LogP contribution in [0, 0.1) is 11.3 Å². The number of fused-ring (bicyclic) bond motifs is 2. The first-order valence-electron chi connectivity index (χ1n) is 17.0. The lowest BCUT2D eigenvalue weighted by Gasteiger charge is -2.43. The van der Waals surface area contributed by atoms with Crippen LogP contribution in [0.3, 0.4) is 0 Å². The van der Waals surface area contributed by atoms with Gasteiger partial charge in [-0.2, -0.15) is 0 Å². The second-order valence-electron chi connectivity index (χ2n) is 13.8. The lowest BCUT2D eigenvalue weighted by molar-refractivity contribution is -0.153. The number of pyridine rings is 2. The average Bonchev–Trinajstić information content (AvgIpc) is 3.53. The van der Waals surface area contributed by atoms with E-state index in [1.54, 1.807) is 36.7 Å². The Bertz CT molecular complexity index is 1490. The number of epoxide rings is 1. The summed E-state index contributed by atoms with van der Waals surface area (Å²) in [4.78, 5) is 48.9. The SMILES string of the molecule is CCCCCC(=O)OC[C@]12CCC(=C(C)C)[C@@H]1[C@@H](OC(=O)c1cccnc1)C[C@]1(C)O[C@@H]1CC/C(C)=C\[C@@H]2OC(=O)c1cccnc1. The minimum Gasteiger partial charge on any atom is -0.465 e. The molecule has 0 unspecified atom stereocenters. The Morgan fingerprint density at radius 3 is 2.28 bits per heavy atom. The van der Waals surface area contributed by atoms with Crippen molar-refractivity contribution >= 4 is 17.9 Å². The standard InChI is InChI=1S/C38H48N2O7/c1-6-7-8-13-33(41)44-24-38-17-16-29(25(2)3)34(38)30(45-35(42)27-11-9-18-39-22-27)21-37(5)31(47-37)15-14-26(4)20-32(38)46-36(43)28-12-10-19-40-23-28/h9-12,18-20,22-23,30-32,34H,6-8,13-17,21,24H2,1-5H3/b26-20-/t30-,31+,32-,34+,37-,38-/m0/s1. The van der Waals surface area contributed by atoms with Gasteiger partial charge in [-0.15, -0.1) is 0 Å². The molecule has 0 spiro atoms. The lowest BCUT2D eigenvalue weighted by atomic mass is 9.68. The van der Waals surface area contributed by atoms with E-state index in [1.165, 1.54) is 12.4 Å². The van der Waals surface area contributed by atoms with Gasteiger partial charge >= 0.3 is 17.9 Å². The zero-order valence-corrected chi connectivity index (χ0v) is 28.3. The van der Waals surface area contributed by atoms with Gasteiger partial charge in [0, 0.05) is 43.5 Å². The van der Waals surface area contributed by atoms with Crippen LogP contribution in [0.2, 0.25) is 0 Å². The van der Waals surface area contributed by atoms with Gasteiger partial charge in [0.2, 0.25) is 0 Å². The van der Waals surface area contributed by atoms with Crippen LogP contribution >= 0.6 is 0 Å². The van der Waals surface area contributed by atoms with Crippen LogP contribution in [0.1, 0.15) is 113 Å². The second-order valence-corrected chi connectivity index (χ2v) is 13.8. The van der Waals surface area contributed by atoms with E-state index < -0.39 is 41.1 Å². The van der Waals surface area contributed by atoms with Gasteiger partial charge in [-0.05, 0) is 90.1 Å². The van der Waals surface area contributed by atoms with Crippen molar-refractivity contribution in [3.05, 3.63) is 83.0 Å². The summed E-state index contributed by atoms with van der Waals surface area (Å²) in [5.74, 6) is -1.71. The van der Waals surface area contributed by atoms with E-state index in [-0.39, 0.29) is 18.7 Å². The van der Waals surface area contributed by atoms with Gasteiger partial charge in [-0.25, -0.2) is 9.59 Å². The molecule has 252 valence electrons. The summed E-state index contributed by atoms with van der Waals surface area (Å²) in [5.41, 5.74) is 2.53. The lowest BCUT2D eigenvalue weighted by Crippen LogP contribution is -2.50. The fraction of sp³-hybridized carbons (Fsp3) is 0.553. The van der Waals surface area contributed by atoms with Gasteiger partial charge in [0.05, 0.1) is 28.2 Å². The number of carbonyl (C=O) groups excluding carboxylic acids is 3. The third-order valence-electron chi connectivity index (χ3n) is 10.1. The van der Waals surface area contributed by atoms with E-state index in [9.17, 15) is 14.4 Å². The largest absolute Gasteiger partial charge is 0.465 e. The fourth-order valence-electron chi connectivity index (χ4n) is 7.39. The molecule has 0 amide bonds. The Morgan fingerprint density at radius 1 is 0.979 bits per heavy atom. The Balaban J connectivity index is 1.63. The van der Waals surface area contributed by atoms with Crippen molar-refractivity contribution in [1.29, 1.82) is 0 Å². The van der Waals surface area contributed by atoms with Gasteiger partial charge in [-0.3, -0.25) is 14.8 Å². The molecule has 1 saturated heterocycles. The molecule has 2 aromatic heterocycles.